The van der Waals surface area contributed by atoms with Crippen LogP contribution in [0, 0.1) is 11.3 Å². The number of likely N-dealkylation sites (N-methyl/N-ethyl adjacent to an activating group) is 1. The first-order valence-electron chi connectivity index (χ1n) is 9.53. The monoisotopic (exact) mass is 352 g/mol. The molecule has 0 bridgehead atoms. The molecule has 2 aromatic heterocycles. The molecule has 1 amide bonds. The van der Waals surface area contributed by atoms with E-state index in [2.05, 4.69) is 60.1 Å². The van der Waals surface area contributed by atoms with Crippen LogP contribution >= 0.6 is 0 Å². The van der Waals surface area contributed by atoms with E-state index in [1.165, 1.54) is 11.1 Å². The van der Waals surface area contributed by atoms with Crippen LogP contribution in [0.1, 0.15) is 45.6 Å². The lowest BCUT2D eigenvalue weighted by molar-refractivity contribution is -0.117. The van der Waals surface area contributed by atoms with Crippen molar-refractivity contribution in [1.82, 2.24) is 14.9 Å². The number of amides is 1. The van der Waals surface area contributed by atoms with E-state index in [0.717, 1.165) is 36.8 Å². The van der Waals surface area contributed by atoms with Gasteiger partial charge in [0, 0.05) is 30.1 Å². The summed E-state index contributed by atoms with van der Waals surface area (Å²) < 4.78 is 0. The summed E-state index contributed by atoms with van der Waals surface area (Å²) in [5.74, 6) is 0.922. The van der Waals surface area contributed by atoms with Gasteiger partial charge in [-0.1, -0.05) is 26.8 Å². The van der Waals surface area contributed by atoms with E-state index in [1.54, 1.807) is 0 Å². The van der Waals surface area contributed by atoms with Gasteiger partial charge in [-0.15, -0.1) is 0 Å². The number of aromatic amines is 1. The second-order valence-corrected chi connectivity index (χ2v) is 8.79. The van der Waals surface area contributed by atoms with Crippen LogP contribution in [0.5, 0.6) is 0 Å². The Balaban J connectivity index is 1.74. The van der Waals surface area contributed by atoms with E-state index in [0.29, 0.717) is 11.9 Å². The molecule has 0 aromatic carbocycles. The lowest BCUT2D eigenvalue weighted by Crippen LogP contribution is -2.43. The van der Waals surface area contributed by atoms with E-state index < -0.39 is 0 Å². The maximum Gasteiger partial charge on any atom is 0.228 e. The maximum atomic E-state index is 12.2. The number of aromatic nitrogens is 2. The van der Waals surface area contributed by atoms with Gasteiger partial charge in [0.05, 0.1) is 0 Å². The van der Waals surface area contributed by atoms with Gasteiger partial charge in [-0.25, -0.2) is 4.98 Å². The van der Waals surface area contributed by atoms with Crippen molar-refractivity contribution >= 4 is 28.3 Å². The molecule has 1 aliphatic carbocycles. The standard InChI is InChI=1S/C21H28N4O/c1-21(2,3)17-11-14(8-10-25(17)4)16-12-18(24-20(26)13-5-6-13)23-19-15(16)7-9-22-19/h7,9,11-13,17H,5-6,8,10H2,1-4H3,(H2,22,23,24,26). The molecule has 1 atom stereocenters. The highest BCUT2D eigenvalue weighted by atomic mass is 16.2. The zero-order valence-corrected chi connectivity index (χ0v) is 16.1. The molecule has 1 unspecified atom stereocenters. The number of fused-ring (bicyclic) bond motifs is 1. The van der Waals surface area contributed by atoms with Crippen LogP contribution in [-0.4, -0.2) is 40.4 Å². The fourth-order valence-electron chi connectivity index (χ4n) is 3.91. The van der Waals surface area contributed by atoms with Crippen molar-refractivity contribution in [2.24, 2.45) is 11.3 Å². The van der Waals surface area contributed by atoms with Crippen LogP contribution in [0.2, 0.25) is 0 Å². The predicted octanol–water partition coefficient (Wildman–Crippen LogP) is 4.05. The highest BCUT2D eigenvalue weighted by molar-refractivity contribution is 5.97. The number of nitrogens with one attached hydrogen (secondary N) is 2. The van der Waals surface area contributed by atoms with Gasteiger partial charge < -0.3 is 10.3 Å². The van der Waals surface area contributed by atoms with Gasteiger partial charge in [0.2, 0.25) is 5.91 Å². The Bertz CT molecular complexity index is 870. The molecule has 2 aromatic rings. The van der Waals surface area contributed by atoms with Crippen molar-refractivity contribution in [2.75, 3.05) is 18.9 Å². The minimum Gasteiger partial charge on any atom is -0.346 e. The Hall–Kier alpha value is -2.14. The first-order chi connectivity index (χ1) is 12.3. The highest BCUT2D eigenvalue weighted by Gasteiger charge is 2.31. The Morgan fingerprint density at radius 3 is 2.81 bits per heavy atom. The van der Waals surface area contributed by atoms with E-state index in [1.807, 2.05) is 12.3 Å². The molecule has 3 heterocycles. The molecule has 2 N–H and O–H groups in total. The van der Waals surface area contributed by atoms with Gasteiger partial charge >= 0.3 is 0 Å². The van der Waals surface area contributed by atoms with Crippen LogP contribution in [-0.2, 0) is 4.79 Å². The van der Waals surface area contributed by atoms with Gasteiger partial charge in [-0.05, 0) is 55.0 Å². The third-order valence-electron chi connectivity index (χ3n) is 5.53. The van der Waals surface area contributed by atoms with E-state index in [-0.39, 0.29) is 17.2 Å². The molecule has 1 saturated carbocycles. The first kappa shape index (κ1) is 17.3. The summed E-state index contributed by atoms with van der Waals surface area (Å²) in [6.45, 7) is 7.89. The number of anilines is 1. The van der Waals surface area contributed by atoms with Crippen molar-refractivity contribution in [3.05, 3.63) is 30.0 Å². The second kappa shape index (κ2) is 6.23. The third kappa shape index (κ3) is 3.28. The number of nitrogens with zero attached hydrogens (tertiary/aromatic N) is 2. The molecule has 5 heteroatoms. The zero-order valence-electron chi connectivity index (χ0n) is 16.1. The second-order valence-electron chi connectivity index (χ2n) is 8.79. The quantitative estimate of drug-likeness (QED) is 0.876. The Kier molecular flexibility index (Phi) is 4.14. The van der Waals surface area contributed by atoms with Gasteiger partial charge in [-0.3, -0.25) is 9.69 Å². The number of carbonyl (C=O) groups is 1. The minimum absolute atomic E-state index is 0.0966. The fraction of sp³-hybridized carbons (Fsp3) is 0.524. The van der Waals surface area contributed by atoms with Crippen molar-refractivity contribution in [1.29, 1.82) is 0 Å². The Morgan fingerprint density at radius 1 is 1.35 bits per heavy atom. The van der Waals surface area contributed by atoms with E-state index in [9.17, 15) is 4.79 Å². The molecular formula is C21H28N4O. The molecule has 138 valence electrons. The average Bonchev–Trinajstić information content (AvgIpc) is 3.32. The fourth-order valence-corrected chi connectivity index (χ4v) is 3.91. The number of hydrogen-bond donors (Lipinski definition) is 2. The Labute approximate surface area is 154 Å². The SMILES string of the molecule is CN1CCC(c2cc(NC(=O)C3CC3)nc3[nH]ccc23)=CC1C(C)(C)C. The summed E-state index contributed by atoms with van der Waals surface area (Å²) in [7, 11) is 2.20. The molecule has 1 aliphatic heterocycles. The summed E-state index contributed by atoms with van der Waals surface area (Å²) in [5, 5.41) is 4.13. The van der Waals surface area contributed by atoms with Crippen LogP contribution in [0.15, 0.2) is 24.4 Å². The van der Waals surface area contributed by atoms with Crippen molar-refractivity contribution in [3.8, 4) is 0 Å². The summed E-state index contributed by atoms with van der Waals surface area (Å²) in [4.78, 5) is 22.4. The molecular weight excluding hydrogens is 324 g/mol. The van der Waals surface area contributed by atoms with Crippen molar-refractivity contribution in [3.63, 3.8) is 0 Å². The molecule has 0 saturated heterocycles. The lowest BCUT2D eigenvalue weighted by atomic mass is 9.81. The topological polar surface area (TPSA) is 61.0 Å². The highest BCUT2D eigenvalue weighted by Crippen LogP contribution is 2.36. The largest absolute Gasteiger partial charge is 0.346 e. The molecule has 5 nitrogen and oxygen atoms in total. The zero-order chi connectivity index (χ0) is 18.5. The van der Waals surface area contributed by atoms with Gasteiger partial charge in [0.15, 0.2) is 0 Å². The molecule has 4 rings (SSSR count). The van der Waals surface area contributed by atoms with Gasteiger partial charge in [0.1, 0.15) is 11.5 Å². The molecule has 26 heavy (non-hydrogen) atoms. The van der Waals surface area contributed by atoms with Crippen LogP contribution < -0.4 is 5.32 Å². The van der Waals surface area contributed by atoms with Crippen LogP contribution in [0.4, 0.5) is 5.82 Å². The summed E-state index contributed by atoms with van der Waals surface area (Å²) in [5.41, 5.74) is 3.54. The molecule has 0 spiro atoms. The number of rotatable bonds is 3. The third-order valence-corrected chi connectivity index (χ3v) is 5.53. The minimum atomic E-state index is 0.0966. The number of pyridine rings is 1. The summed E-state index contributed by atoms with van der Waals surface area (Å²) in [6, 6.07) is 4.51. The van der Waals surface area contributed by atoms with Gasteiger partial charge in [-0.2, -0.15) is 0 Å². The lowest BCUT2D eigenvalue weighted by Gasteiger charge is -2.40. The van der Waals surface area contributed by atoms with E-state index in [4.69, 9.17) is 0 Å². The van der Waals surface area contributed by atoms with Crippen molar-refractivity contribution in [2.45, 2.75) is 46.1 Å². The number of hydrogen-bond acceptors (Lipinski definition) is 3. The molecule has 1 fully saturated rings. The first-order valence-corrected chi connectivity index (χ1v) is 9.53. The predicted molar refractivity (Wildman–Crippen MR) is 106 cm³/mol. The molecule has 0 radical (unpaired) electrons. The smallest absolute Gasteiger partial charge is 0.228 e. The number of H-pyrrole nitrogens is 1. The summed E-state index contributed by atoms with van der Waals surface area (Å²) >= 11 is 0. The van der Waals surface area contributed by atoms with Crippen LogP contribution in [0.3, 0.4) is 0 Å². The Morgan fingerprint density at radius 2 is 2.12 bits per heavy atom. The van der Waals surface area contributed by atoms with Crippen molar-refractivity contribution < 1.29 is 4.79 Å². The number of carbonyl (C=O) groups excluding carboxylic acids is 1. The normalized spacial score (nSPS) is 21.7. The molecule has 2 aliphatic rings. The van der Waals surface area contributed by atoms with E-state index >= 15 is 0 Å². The summed E-state index contributed by atoms with van der Waals surface area (Å²) in [6.07, 6.45) is 7.31. The van der Waals surface area contributed by atoms with Crippen LogP contribution in [0.25, 0.3) is 16.6 Å². The van der Waals surface area contributed by atoms with Gasteiger partial charge in [0.25, 0.3) is 0 Å². The average molecular weight is 352 g/mol. The maximum absolute atomic E-state index is 12.2.